The van der Waals surface area contributed by atoms with Crippen LogP contribution >= 0.6 is 0 Å². The molecule has 1 rings (SSSR count). The zero-order valence-electron chi connectivity index (χ0n) is 12.3. The second kappa shape index (κ2) is 9.60. The molecule has 0 aliphatic heterocycles. The highest BCUT2D eigenvalue weighted by atomic mass is 16.5. The molecule has 0 aliphatic rings. The van der Waals surface area contributed by atoms with Gasteiger partial charge < -0.3 is 4.74 Å². The number of benzene rings is 1. The number of methoxy groups -OCH3 is 1. The minimum absolute atomic E-state index is 0.396. The van der Waals surface area contributed by atoms with Crippen LogP contribution in [0.25, 0.3) is 0 Å². The molecule has 106 valence electrons. The van der Waals surface area contributed by atoms with Gasteiger partial charge in [-0.15, -0.1) is 0 Å². The maximum atomic E-state index is 11.7. The highest BCUT2D eigenvalue weighted by Crippen LogP contribution is 2.13. The summed E-state index contributed by atoms with van der Waals surface area (Å²) in [7, 11) is 1.66. The molecule has 2 heteroatoms. The topological polar surface area (TPSA) is 26.3 Å². The van der Waals surface area contributed by atoms with Crippen molar-refractivity contribution >= 4 is 5.78 Å². The van der Waals surface area contributed by atoms with E-state index in [9.17, 15) is 4.79 Å². The van der Waals surface area contributed by atoms with Crippen LogP contribution in [0.15, 0.2) is 24.3 Å². The van der Waals surface area contributed by atoms with Gasteiger partial charge in [0, 0.05) is 12.8 Å². The number of hydrogen-bond donors (Lipinski definition) is 0. The minimum Gasteiger partial charge on any atom is -0.497 e. The summed E-state index contributed by atoms with van der Waals surface area (Å²) in [4.78, 5) is 11.7. The van der Waals surface area contributed by atoms with Crippen molar-refractivity contribution < 1.29 is 9.53 Å². The highest BCUT2D eigenvalue weighted by Gasteiger charge is 2.03. The monoisotopic (exact) mass is 262 g/mol. The van der Waals surface area contributed by atoms with Crippen LogP contribution < -0.4 is 4.74 Å². The first-order valence-corrected chi connectivity index (χ1v) is 7.41. The van der Waals surface area contributed by atoms with Gasteiger partial charge in [0.15, 0.2) is 0 Å². The van der Waals surface area contributed by atoms with Crippen LogP contribution in [-0.2, 0) is 11.2 Å². The standard InChI is InChI=1S/C17H26O2/c1-3-4-5-6-7-8-16(18)12-9-15-10-13-17(19-2)14-11-15/h10-11,13-14H,3-9,12H2,1-2H3. The lowest BCUT2D eigenvalue weighted by Gasteiger charge is -2.04. The summed E-state index contributed by atoms with van der Waals surface area (Å²) in [5, 5.41) is 0. The van der Waals surface area contributed by atoms with E-state index < -0.39 is 0 Å². The molecule has 0 radical (unpaired) electrons. The maximum Gasteiger partial charge on any atom is 0.133 e. The smallest absolute Gasteiger partial charge is 0.133 e. The van der Waals surface area contributed by atoms with Gasteiger partial charge in [-0.2, -0.15) is 0 Å². The SMILES string of the molecule is CCCCCCCC(=O)CCc1ccc(OC)cc1. The molecular weight excluding hydrogens is 236 g/mol. The molecule has 19 heavy (non-hydrogen) atoms. The number of Topliss-reactive ketones (excluding diaryl/α,β-unsaturated/α-hetero) is 1. The average molecular weight is 262 g/mol. The molecule has 0 saturated carbocycles. The quantitative estimate of drug-likeness (QED) is 0.578. The van der Waals surface area contributed by atoms with E-state index in [2.05, 4.69) is 6.92 Å². The molecule has 0 unspecified atom stereocenters. The Kier molecular flexibility index (Phi) is 7.95. The number of hydrogen-bond acceptors (Lipinski definition) is 2. The number of carbonyl (C=O) groups is 1. The lowest BCUT2D eigenvalue weighted by molar-refractivity contribution is -0.119. The second-order valence-electron chi connectivity index (χ2n) is 5.05. The summed E-state index contributed by atoms with van der Waals surface area (Å²) >= 11 is 0. The summed E-state index contributed by atoms with van der Waals surface area (Å²) in [6.07, 6.45) is 8.33. The molecule has 0 amide bonds. The molecule has 0 N–H and O–H groups in total. The van der Waals surface area contributed by atoms with Gasteiger partial charge in [0.1, 0.15) is 11.5 Å². The first-order chi connectivity index (χ1) is 9.26. The summed E-state index contributed by atoms with van der Waals surface area (Å²) in [6, 6.07) is 7.97. The molecule has 0 fully saturated rings. The number of ketones is 1. The van der Waals surface area contributed by atoms with Crippen molar-refractivity contribution in [2.75, 3.05) is 7.11 Å². The Hall–Kier alpha value is -1.31. The van der Waals surface area contributed by atoms with Crippen molar-refractivity contribution in [1.82, 2.24) is 0 Å². The lowest BCUT2D eigenvalue weighted by Crippen LogP contribution is -2.00. The molecule has 0 atom stereocenters. The third kappa shape index (κ3) is 7.00. The van der Waals surface area contributed by atoms with E-state index in [1.807, 2.05) is 24.3 Å². The van der Waals surface area contributed by atoms with Crippen LogP contribution in [0, 0.1) is 0 Å². The molecule has 1 aromatic carbocycles. The molecule has 0 bridgehead atoms. The van der Waals surface area contributed by atoms with Gasteiger partial charge in [0.05, 0.1) is 7.11 Å². The summed E-state index contributed by atoms with van der Waals surface area (Å²) < 4.78 is 5.11. The first-order valence-electron chi connectivity index (χ1n) is 7.41. The van der Waals surface area contributed by atoms with Crippen LogP contribution in [0.4, 0.5) is 0 Å². The van der Waals surface area contributed by atoms with Gasteiger partial charge >= 0.3 is 0 Å². The van der Waals surface area contributed by atoms with Gasteiger partial charge in [-0.05, 0) is 30.5 Å². The number of unbranched alkanes of at least 4 members (excludes halogenated alkanes) is 4. The van der Waals surface area contributed by atoms with Crippen LogP contribution in [0.5, 0.6) is 5.75 Å². The molecule has 0 aromatic heterocycles. The summed E-state index contributed by atoms with van der Waals surface area (Å²) in [5.74, 6) is 1.26. The van der Waals surface area contributed by atoms with E-state index in [0.29, 0.717) is 12.2 Å². The maximum absolute atomic E-state index is 11.7. The van der Waals surface area contributed by atoms with E-state index in [4.69, 9.17) is 4.74 Å². The molecule has 0 spiro atoms. The zero-order chi connectivity index (χ0) is 13.9. The fourth-order valence-electron chi connectivity index (χ4n) is 2.13. The van der Waals surface area contributed by atoms with E-state index in [1.54, 1.807) is 7.11 Å². The zero-order valence-corrected chi connectivity index (χ0v) is 12.3. The van der Waals surface area contributed by atoms with E-state index in [1.165, 1.54) is 31.2 Å². The van der Waals surface area contributed by atoms with E-state index in [-0.39, 0.29) is 0 Å². The Morgan fingerprint density at radius 1 is 1.00 bits per heavy atom. The fraction of sp³-hybridized carbons (Fsp3) is 0.588. The lowest BCUT2D eigenvalue weighted by atomic mass is 10.0. The number of ether oxygens (including phenoxy) is 1. The largest absolute Gasteiger partial charge is 0.497 e. The van der Waals surface area contributed by atoms with Gasteiger partial charge in [-0.3, -0.25) is 4.79 Å². The Morgan fingerprint density at radius 3 is 2.32 bits per heavy atom. The second-order valence-corrected chi connectivity index (χ2v) is 5.05. The van der Waals surface area contributed by atoms with E-state index >= 15 is 0 Å². The van der Waals surface area contributed by atoms with Crippen LogP contribution in [0.2, 0.25) is 0 Å². The third-order valence-electron chi connectivity index (χ3n) is 3.41. The normalized spacial score (nSPS) is 10.4. The predicted molar refractivity (Wildman–Crippen MR) is 79.7 cm³/mol. The van der Waals surface area contributed by atoms with Crippen molar-refractivity contribution in [3.63, 3.8) is 0 Å². The highest BCUT2D eigenvalue weighted by molar-refractivity contribution is 5.78. The van der Waals surface area contributed by atoms with E-state index in [0.717, 1.165) is 25.0 Å². The van der Waals surface area contributed by atoms with Crippen molar-refractivity contribution in [1.29, 1.82) is 0 Å². The Morgan fingerprint density at radius 2 is 1.68 bits per heavy atom. The Balaban J connectivity index is 2.15. The Bertz CT molecular complexity index is 354. The molecule has 0 heterocycles. The van der Waals surface area contributed by atoms with Crippen LogP contribution in [0.3, 0.4) is 0 Å². The summed E-state index contributed by atoms with van der Waals surface area (Å²) in [6.45, 7) is 2.21. The summed E-state index contributed by atoms with van der Waals surface area (Å²) in [5.41, 5.74) is 1.21. The number of aryl methyl sites for hydroxylation is 1. The number of rotatable bonds is 10. The first kappa shape index (κ1) is 15.7. The molecule has 2 nitrogen and oxygen atoms in total. The fourth-order valence-corrected chi connectivity index (χ4v) is 2.13. The van der Waals surface area contributed by atoms with Crippen LogP contribution in [-0.4, -0.2) is 12.9 Å². The van der Waals surface area contributed by atoms with Crippen molar-refractivity contribution in [3.8, 4) is 5.75 Å². The molecule has 0 aliphatic carbocycles. The van der Waals surface area contributed by atoms with Gasteiger partial charge in [0.2, 0.25) is 0 Å². The van der Waals surface area contributed by atoms with Crippen molar-refractivity contribution in [2.24, 2.45) is 0 Å². The van der Waals surface area contributed by atoms with Crippen molar-refractivity contribution in [2.45, 2.75) is 58.3 Å². The third-order valence-corrected chi connectivity index (χ3v) is 3.41. The Labute approximate surface area is 117 Å². The minimum atomic E-state index is 0.396. The van der Waals surface area contributed by atoms with Gasteiger partial charge in [0.25, 0.3) is 0 Å². The van der Waals surface area contributed by atoms with Crippen LogP contribution in [0.1, 0.15) is 57.4 Å². The molecule has 1 aromatic rings. The molecular formula is C17H26O2. The van der Waals surface area contributed by atoms with Crippen molar-refractivity contribution in [3.05, 3.63) is 29.8 Å². The number of carbonyl (C=O) groups excluding carboxylic acids is 1. The molecule has 0 saturated heterocycles. The van der Waals surface area contributed by atoms with Gasteiger partial charge in [-0.1, -0.05) is 44.7 Å². The predicted octanol–water partition coefficient (Wildman–Crippen LogP) is 4.56. The van der Waals surface area contributed by atoms with Gasteiger partial charge in [-0.25, -0.2) is 0 Å². The average Bonchev–Trinajstić information content (AvgIpc) is 2.45.